The Hall–Kier alpha value is -0.610. The third-order valence-electron chi connectivity index (χ3n) is 7.36. The van der Waals surface area contributed by atoms with Crippen molar-refractivity contribution in [2.24, 2.45) is 16.8 Å². The van der Waals surface area contributed by atoms with E-state index in [1.807, 2.05) is 4.90 Å². The van der Waals surface area contributed by atoms with E-state index in [0.717, 1.165) is 89.4 Å². The second-order valence-electron chi connectivity index (χ2n) is 10.4. The van der Waals surface area contributed by atoms with Crippen LogP contribution in [-0.4, -0.2) is 110 Å². The average molecular weight is 577 g/mol. The fourth-order valence-corrected chi connectivity index (χ4v) is 5.71. The largest absolute Gasteiger partial charge is 0.357 e. The third kappa shape index (κ3) is 8.84. The number of aliphatic imine (C=N–C) groups is 1. The number of piperidine rings is 1. The zero-order valence-corrected chi connectivity index (χ0v) is 23.9. The van der Waals surface area contributed by atoms with Gasteiger partial charge < -0.3 is 20.0 Å². The van der Waals surface area contributed by atoms with Crippen LogP contribution in [-0.2, 0) is 4.79 Å². The van der Waals surface area contributed by atoms with Crippen molar-refractivity contribution in [2.75, 3.05) is 72.0 Å². The van der Waals surface area contributed by atoms with Crippen LogP contribution < -0.4 is 5.32 Å². The van der Waals surface area contributed by atoms with Crippen molar-refractivity contribution < 1.29 is 4.79 Å². The highest BCUT2D eigenvalue weighted by atomic mass is 127. The Morgan fingerprint density at radius 3 is 2.21 bits per heavy atom. The molecular weight excluding hydrogens is 527 g/mol. The van der Waals surface area contributed by atoms with Crippen LogP contribution in [0.2, 0.25) is 0 Å². The molecule has 8 heteroatoms. The lowest BCUT2D eigenvalue weighted by atomic mass is 9.92. The summed E-state index contributed by atoms with van der Waals surface area (Å²) < 4.78 is 0. The van der Waals surface area contributed by atoms with Gasteiger partial charge in [-0.25, -0.2) is 0 Å². The van der Waals surface area contributed by atoms with Gasteiger partial charge in [0, 0.05) is 65.4 Å². The predicted molar refractivity (Wildman–Crippen MR) is 148 cm³/mol. The Labute approximate surface area is 219 Å². The third-order valence-corrected chi connectivity index (χ3v) is 7.36. The van der Waals surface area contributed by atoms with E-state index < -0.39 is 0 Å². The highest BCUT2D eigenvalue weighted by Gasteiger charge is 2.30. The van der Waals surface area contributed by atoms with Crippen LogP contribution in [0.1, 0.15) is 59.8 Å². The number of unbranched alkanes of at least 4 members (excludes halogenated alkanes) is 1. The first-order chi connectivity index (χ1) is 15.5. The molecular formula is C25H49IN6O. The number of nitrogens with one attached hydrogen (secondary N) is 1. The number of nitrogens with zero attached hydrogens (tertiary/aromatic N) is 5. The summed E-state index contributed by atoms with van der Waals surface area (Å²) in [5.74, 6) is 3.04. The first-order valence-electron chi connectivity index (χ1n) is 13.3. The summed E-state index contributed by atoms with van der Waals surface area (Å²) in [4.78, 5) is 27.1. The smallest absolute Gasteiger partial charge is 0.239 e. The van der Waals surface area contributed by atoms with E-state index in [4.69, 9.17) is 4.99 Å². The number of hydrogen-bond acceptors (Lipinski definition) is 4. The summed E-state index contributed by atoms with van der Waals surface area (Å²) in [6.45, 7) is 20.1. The molecule has 0 spiro atoms. The minimum absolute atomic E-state index is 0. The summed E-state index contributed by atoms with van der Waals surface area (Å²) in [7, 11) is 0. The van der Waals surface area contributed by atoms with Gasteiger partial charge in [-0.1, -0.05) is 13.8 Å². The van der Waals surface area contributed by atoms with Gasteiger partial charge in [-0.3, -0.25) is 14.7 Å². The van der Waals surface area contributed by atoms with Gasteiger partial charge in [-0.2, -0.15) is 0 Å². The van der Waals surface area contributed by atoms with E-state index in [9.17, 15) is 4.79 Å². The van der Waals surface area contributed by atoms with E-state index in [2.05, 4.69) is 47.7 Å². The molecule has 0 aromatic rings. The number of rotatable bonds is 8. The number of amides is 1. The quantitative estimate of drug-likeness (QED) is 0.209. The maximum atomic E-state index is 12.7. The Morgan fingerprint density at radius 1 is 0.970 bits per heavy atom. The van der Waals surface area contributed by atoms with Crippen molar-refractivity contribution in [3.8, 4) is 0 Å². The van der Waals surface area contributed by atoms with Crippen LogP contribution in [0, 0.1) is 11.8 Å². The van der Waals surface area contributed by atoms with E-state index in [-0.39, 0.29) is 30.0 Å². The molecule has 7 nitrogen and oxygen atoms in total. The lowest BCUT2D eigenvalue weighted by molar-refractivity contribution is -0.135. The van der Waals surface area contributed by atoms with Gasteiger partial charge in [0.2, 0.25) is 5.91 Å². The Bertz CT molecular complexity index is 594. The fraction of sp³-hybridized carbons (Fsp3) is 0.920. The Morgan fingerprint density at radius 2 is 1.61 bits per heavy atom. The molecule has 1 amide bonds. The van der Waals surface area contributed by atoms with Gasteiger partial charge in [0.1, 0.15) is 0 Å². The first-order valence-corrected chi connectivity index (χ1v) is 13.3. The monoisotopic (exact) mass is 576 g/mol. The summed E-state index contributed by atoms with van der Waals surface area (Å²) in [5, 5.41) is 3.49. The molecule has 0 aliphatic carbocycles. The number of carbonyl (C=O) groups excluding carboxylic acids is 1. The molecule has 3 heterocycles. The normalized spacial score (nSPS) is 26.2. The van der Waals surface area contributed by atoms with Crippen LogP contribution in [0.5, 0.6) is 0 Å². The lowest BCUT2D eigenvalue weighted by Crippen LogP contribution is -2.57. The maximum Gasteiger partial charge on any atom is 0.239 e. The minimum atomic E-state index is -0.00463. The van der Waals surface area contributed by atoms with E-state index in [1.165, 1.54) is 32.5 Å². The standard InChI is InChI=1S/C25H48N6O.HI/c1-5-26-25(27-10-6-7-11-28-19-21(2)18-22(3)20-28)31-16-14-29(15-17-31)23(4)24(32)30-12-8-9-13-30;/h21-23H,5-20H2,1-4H3,(H,26,27);1H. The molecule has 3 atom stereocenters. The molecule has 1 N–H and O–H groups in total. The molecule has 3 fully saturated rings. The molecule has 0 aromatic heterocycles. The maximum absolute atomic E-state index is 12.7. The molecule has 3 unspecified atom stereocenters. The molecule has 0 radical (unpaired) electrons. The van der Waals surface area contributed by atoms with Crippen LogP contribution in [0.15, 0.2) is 4.99 Å². The van der Waals surface area contributed by atoms with Crippen molar-refractivity contribution in [2.45, 2.75) is 65.8 Å². The molecule has 0 aromatic carbocycles. The van der Waals surface area contributed by atoms with Crippen molar-refractivity contribution in [1.29, 1.82) is 0 Å². The Kier molecular flexibility index (Phi) is 12.8. The zero-order valence-electron chi connectivity index (χ0n) is 21.6. The number of guanidine groups is 1. The molecule has 3 aliphatic rings. The van der Waals surface area contributed by atoms with E-state index in [0.29, 0.717) is 5.91 Å². The van der Waals surface area contributed by atoms with Crippen molar-refractivity contribution in [3.63, 3.8) is 0 Å². The second kappa shape index (κ2) is 14.7. The average Bonchev–Trinajstić information content (AvgIpc) is 3.31. The highest BCUT2D eigenvalue weighted by molar-refractivity contribution is 14.0. The summed E-state index contributed by atoms with van der Waals surface area (Å²) in [5.41, 5.74) is 0. The van der Waals surface area contributed by atoms with Crippen LogP contribution in [0.4, 0.5) is 0 Å². The van der Waals surface area contributed by atoms with Crippen LogP contribution >= 0.6 is 24.0 Å². The molecule has 0 saturated carbocycles. The van der Waals surface area contributed by atoms with Crippen LogP contribution in [0.3, 0.4) is 0 Å². The molecule has 3 aliphatic heterocycles. The molecule has 192 valence electrons. The van der Waals surface area contributed by atoms with Gasteiger partial charge in [0.05, 0.1) is 6.04 Å². The minimum Gasteiger partial charge on any atom is -0.357 e. The number of likely N-dealkylation sites (tertiary alicyclic amines) is 2. The van der Waals surface area contributed by atoms with E-state index in [1.54, 1.807) is 0 Å². The lowest BCUT2D eigenvalue weighted by Gasteiger charge is -2.39. The number of hydrogen-bond donors (Lipinski definition) is 1. The van der Waals surface area contributed by atoms with Gasteiger partial charge in [0.15, 0.2) is 5.96 Å². The second-order valence-corrected chi connectivity index (χ2v) is 10.4. The van der Waals surface area contributed by atoms with Crippen molar-refractivity contribution in [3.05, 3.63) is 0 Å². The molecule has 3 rings (SSSR count). The summed E-state index contributed by atoms with van der Waals surface area (Å²) in [6, 6.07) is -0.00463. The van der Waals surface area contributed by atoms with Crippen molar-refractivity contribution in [1.82, 2.24) is 24.9 Å². The zero-order chi connectivity index (χ0) is 22.9. The molecule has 0 bridgehead atoms. The highest BCUT2D eigenvalue weighted by Crippen LogP contribution is 2.21. The molecule has 3 saturated heterocycles. The van der Waals surface area contributed by atoms with Gasteiger partial charge in [0.25, 0.3) is 0 Å². The fourth-order valence-electron chi connectivity index (χ4n) is 5.71. The predicted octanol–water partition coefficient (Wildman–Crippen LogP) is 2.96. The van der Waals surface area contributed by atoms with Gasteiger partial charge in [-0.05, 0) is 64.3 Å². The SMILES string of the molecule is CCNC(=NCCCCN1CC(C)CC(C)C1)N1CCN(C(C)C(=O)N2CCCC2)CC1.I. The first kappa shape index (κ1) is 28.6. The summed E-state index contributed by atoms with van der Waals surface area (Å²) >= 11 is 0. The topological polar surface area (TPSA) is 54.4 Å². The molecule has 33 heavy (non-hydrogen) atoms. The Balaban J connectivity index is 0.00000385. The van der Waals surface area contributed by atoms with E-state index >= 15 is 0 Å². The van der Waals surface area contributed by atoms with Gasteiger partial charge >= 0.3 is 0 Å². The summed E-state index contributed by atoms with van der Waals surface area (Å²) in [6.07, 6.45) is 6.07. The number of carbonyl (C=O) groups is 1. The number of piperazine rings is 1. The number of halogens is 1. The van der Waals surface area contributed by atoms with Gasteiger partial charge in [-0.15, -0.1) is 24.0 Å². The van der Waals surface area contributed by atoms with Crippen molar-refractivity contribution >= 4 is 35.8 Å². The van der Waals surface area contributed by atoms with Crippen LogP contribution in [0.25, 0.3) is 0 Å².